The van der Waals surface area contributed by atoms with Crippen LogP contribution >= 0.6 is 11.3 Å². The van der Waals surface area contributed by atoms with Gasteiger partial charge in [-0.05, 0) is 98.5 Å². The summed E-state index contributed by atoms with van der Waals surface area (Å²) in [6.45, 7) is 12.8. The fourth-order valence-electron chi connectivity index (χ4n) is 7.69. The van der Waals surface area contributed by atoms with E-state index in [-0.39, 0.29) is 76.5 Å². The highest BCUT2D eigenvalue weighted by Crippen LogP contribution is 2.47. The van der Waals surface area contributed by atoms with Crippen molar-refractivity contribution in [2.75, 3.05) is 56.1 Å². The lowest BCUT2D eigenvalue weighted by Gasteiger charge is -2.36. The van der Waals surface area contributed by atoms with Crippen LogP contribution in [-0.4, -0.2) is 99.6 Å². The first-order chi connectivity index (χ1) is 26.2. The van der Waals surface area contributed by atoms with Crippen molar-refractivity contribution in [1.82, 2.24) is 24.8 Å². The molecule has 1 N–H and O–H groups in total. The summed E-state index contributed by atoms with van der Waals surface area (Å²) in [4.78, 5) is 44.1. The first-order valence-electron chi connectivity index (χ1n) is 18.5. The first-order valence-corrected chi connectivity index (χ1v) is 19.3. The predicted molar refractivity (Wildman–Crippen MR) is 201 cm³/mol. The Morgan fingerprint density at radius 1 is 0.875 bits per heavy atom. The monoisotopic (exact) mass is 805 g/mol. The number of aromatic nitrogens is 3. The van der Waals surface area contributed by atoms with E-state index in [1.807, 2.05) is 0 Å². The number of carbonyl (C=O) groups is 2. The van der Waals surface area contributed by atoms with Crippen molar-refractivity contribution < 1.29 is 45.8 Å². The minimum atomic E-state index is -5.10. The van der Waals surface area contributed by atoms with E-state index >= 15 is 22.0 Å². The van der Waals surface area contributed by atoms with E-state index in [0.717, 1.165) is 57.0 Å². The molecule has 2 aromatic carbocycles. The lowest BCUT2D eigenvalue weighted by atomic mass is 9.95. The number of rotatable bonds is 6. The summed E-state index contributed by atoms with van der Waals surface area (Å²) in [6, 6.07) is 2.54. The van der Waals surface area contributed by atoms with Gasteiger partial charge in [-0.15, -0.1) is 0 Å². The molecule has 0 atom stereocenters. The summed E-state index contributed by atoms with van der Waals surface area (Å²) in [5, 5.41) is 2.01. The Morgan fingerprint density at radius 3 is 2.16 bits per heavy atom. The number of hydrogen-bond acceptors (Lipinski definition) is 11. The van der Waals surface area contributed by atoms with E-state index in [9.17, 15) is 9.59 Å². The van der Waals surface area contributed by atoms with Crippen molar-refractivity contribution >= 4 is 55.6 Å². The van der Waals surface area contributed by atoms with Gasteiger partial charge in [-0.25, -0.2) is 23.4 Å². The lowest BCUT2D eigenvalue weighted by molar-refractivity contribution is -0.137. The lowest BCUT2D eigenvalue weighted by Crippen LogP contribution is -2.50. The third-order valence-electron chi connectivity index (χ3n) is 10.1. The van der Waals surface area contributed by atoms with Crippen LogP contribution < -0.4 is 15.0 Å². The maximum atomic E-state index is 17.2. The highest BCUT2D eigenvalue weighted by molar-refractivity contribution is 7.22. The third-order valence-corrected chi connectivity index (χ3v) is 11.1. The Hall–Kier alpha value is -4.58. The zero-order chi connectivity index (χ0) is 40.4. The summed E-state index contributed by atoms with van der Waals surface area (Å²) in [7, 11) is 0. The van der Waals surface area contributed by atoms with E-state index in [1.54, 1.807) is 46.4 Å². The van der Waals surface area contributed by atoms with Crippen molar-refractivity contribution in [3.63, 3.8) is 0 Å². The van der Waals surface area contributed by atoms with Gasteiger partial charge in [0.15, 0.2) is 10.9 Å². The predicted octanol–water partition coefficient (Wildman–Crippen LogP) is 8.61. The molecule has 2 amide bonds. The van der Waals surface area contributed by atoms with E-state index in [4.69, 9.17) is 14.2 Å². The van der Waals surface area contributed by atoms with Crippen LogP contribution in [0.5, 0.6) is 6.01 Å². The number of halogens is 5. The topological polar surface area (TPSA) is 122 Å². The van der Waals surface area contributed by atoms with Crippen molar-refractivity contribution in [3.05, 3.63) is 35.4 Å². The van der Waals surface area contributed by atoms with Gasteiger partial charge in [0.1, 0.15) is 35.0 Å². The Morgan fingerprint density at radius 2 is 1.54 bits per heavy atom. The molecule has 5 heterocycles. The molecular formula is C38H44F5N7O5S. The molecule has 0 aliphatic carbocycles. The maximum absolute atomic E-state index is 17.2. The highest BCUT2D eigenvalue weighted by atomic mass is 32.1. The number of fused-ring (bicyclic) bond motifs is 3. The molecule has 18 heteroatoms. The minimum Gasteiger partial charge on any atom is -0.461 e. The molecule has 3 saturated heterocycles. The summed E-state index contributed by atoms with van der Waals surface area (Å²) in [5.74, 6) is -2.15. The molecule has 3 aliphatic rings. The van der Waals surface area contributed by atoms with Crippen LogP contribution in [0.15, 0.2) is 18.2 Å². The molecule has 7 rings (SSSR count). The van der Waals surface area contributed by atoms with Gasteiger partial charge in [-0.1, -0.05) is 11.3 Å². The molecule has 302 valence electrons. The van der Waals surface area contributed by atoms with E-state index in [2.05, 4.69) is 25.2 Å². The summed E-state index contributed by atoms with van der Waals surface area (Å²) >= 11 is 0.669. The van der Waals surface area contributed by atoms with Crippen LogP contribution in [0.25, 0.3) is 32.2 Å². The van der Waals surface area contributed by atoms with Gasteiger partial charge in [0.2, 0.25) is 0 Å². The number of hydrogen-bond donors (Lipinski definition) is 1. The normalized spacial score (nSPS) is 17.8. The molecule has 0 radical (unpaired) electrons. The number of ether oxygens (including phenoxy) is 3. The van der Waals surface area contributed by atoms with E-state index < -0.39 is 57.8 Å². The fraction of sp³-hybridized carbons (Fsp3) is 0.553. The molecule has 2 aromatic heterocycles. The SMILES string of the molecule is CC(C)(C)OC(=O)Nc1nc2c(-c3c(C(F)(F)F)cc4c(N5CCN(C(=O)OC(C)(C)C)CC5)nc(OCC56CCCN5CCC6)nc4c3F)ccc(F)c2s1. The second-order valence-corrected chi connectivity index (χ2v) is 17.4. The molecule has 4 aromatic rings. The number of nitrogens with zero attached hydrogens (tertiary/aromatic N) is 6. The quantitative estimate of drug-likeness (QED) is 0.190. The molecule has 3 aliphatic heterocycles. The zero-order valence-electron chi connectivity index (χ0n) is 32.0. The Kier molecular flexibility index (Phi) is 10.2. The van der Waals surface area contributed by atoms with Gasteiger partial charge in [0.05, 0.1) is 21.3 Å². The largest absolute Gasteiger partial charge is 0.461 e. The van der Waals surface area contributed by atoms with Gasteiger partial charge < -0.3 is 24.0 Å². The number of thiazole rings is 1. The summed E-state index contributed by atoms with van der Waals surface area (Å²) in [5.41, 5.74) is -5.20. The fourth-order valence-corrected chi connectivity index (χ4v) is 8.57. The number of benzene rings is 2. The third kappa shape index (κ3) is 7.99. The van der Waals surface area contributed by atoms with Crippen LogP contribution in [0.2, 0.25) is 0 Å². The number of anilines is 2. The zero-order valence-corrected chi connectivity index (χ0v) is 32.8. The summed E-state index contributed by atoms with van der Waals surface area (Å²) in [6.07, 6.45) is -2.77. The second-order valence-electron chi connectivity index (χ2n) is 16.4. The molecule has 0 spiro atoms. The average molecular weight is 806 g/mol. The van der Waals surface area contributed by atoms with E-state index in [1.165, 1.54) is 4.90 Å². The first kappa shape index (κ1) is 39.6. The van der Waals surface area contributed by atoms with Gasteiger partial charge in [-0.3, -0.25) is 10.2 Å². The molecule has 12 nitrogen and oxygen atoms in total. The molecule has 0 saturated carbocycles. The number of alkyl halides is 3. The molecule has 3 fully saturated rings. The van der Waals surface area contributed by atoms with Crippen molar-refractivity contribution in [2.45, 2.75) is 90.1 Å². The Bertz CT molecular complexity index is 2170. The number of amides is 2. The van der Waals surface area contributed by atoms with Crippen LogP contribution in [-0.2, 0) is 15.7 Å². The Balaban J connectivity index is 1.34. The molecule has 0 unspecified atom stereocenters. The van der Waals surface area contributed by atoms with Crippen LogP contribution in [0, 0.1) is 11.6 Å². The van der Waals surface area contributed by atoms with Crippen molar-refractivity contribution in [2.24, 2.45) is 0 Å². The highest BCUT2D eigenvalue weighted by Gasteiger charge is 2.45. The molecule has 56 heavy (non-hydrogen) atoms. The van der Waals surface area contributed by atoms with Gasteiger partial charge >= 0.3 is 24.4 Å². The van der Waals surface area contributed by atoms with Gasteiger partial charge in [0.25, 0.3) is 0 Å². The van der Waals surface area contributed by atoms with Crippen molar-refractivity contribution in [1.29, 1.82) is 0 Å². The molecular weight excluding hydrogens is 762 g/mol. The minimum absolute atomic E-state index is 0.0127. The maximum Gasteiger partial charge on any atom is 0.417 e. The average Bonchev–Trinajstić information content (AvgIpc) is 3.81. The van der Waals surface area contributed by atoms with Crippen LogP contribution in [0.3, 0.4) is 0 Å². The van der Waals surface area contributed by atoms with Crippen molar-refractivity contribution in [3.8, 4) is 17.1 Å². The van der Waals surface area contributed by atoms with E-state index in [0.29, 0.717) is 11.3 Å². The number of carbonyl (C=O) groups excluding carboxylic acids is 2. The standard InChI is InChI=1S/C38H44F5N7O5S/c1-35(2,3)54-33(51)47-32-45-28-21(9-10-24(39)29(28)56-32)25-23(38(41,42)43)19-22-27(26(25)40)44-31(53-20-37-11-7-13-50(37)14-8-12-37)46-30(22)48-15-17-49(18-16-48)34(52)55-36(4,5)6/h9-10,19H,7-8,11-18,20H2,1-6H3,(H,45,47,51). The summed E-state index contributed by atoms with van der Waals surface area (Å²) < 4.78 is 94.6. The van der Waals surface area contributed by atoms with Gasteiger partial charge in [0, 0.05) is 42.7 Å². The number of piperazine rings is 1. The van der Waals surface area contributed by atoms with Gasteiger partial charge in [-0.2, -0.15) is 23.1 Å². The Labute approximate surface area is 324 Å². The molecule has 0 bridgehead atoms. The second kappa shape index (κ2) is 14.4. The van der Waals surface area contributed by atoms with Crippen LogP contribution in [0.4, 0.5) is 42.5 Å². The smallest absolute Gasteiger partial charge is 0.417 e. The number of nitrogens with one attached hydrogen (secondary N) is 1. The van der Waals surface area contributed by atoms with Crippen LogP contribution in [0.1, 0.15) is 72.8 Å².